The summed E-state index contributed by atoms with van der Waals surface area (Å²) in [7, 11) is 0. The number of aliphatic hydroxyl groups excluding tert-OH is 1. The highest BCUT2D eigenvalue weighted by atomic mass is 16.3. The lowest BCUT2D eigenvalue weighted by molar-refractivity contribution is -0.116. The van der Waals surface area contributed by atoms with Crippen LogP contribution in [0, 0.1) is 0 Å². The maximum atomic E-state index is 11.3. The van der Waals surface area contributed by atoms with Crippen LogP contribution in [0.25, 0.3) is 6.08 Å². The summed E-state index contributed by atoms with van der Waals surface area (Å²) in [5.74, 6) is -0.0737. The van der Waals surface area contributed by atoms with E-state index in [9.17, 15) is 4.79 Å². The second-order valence-electron chi connectivity index (χ2n) is 3.20. The molecule has 0 saturated carbocycles. The second kappa shape index (κ2) is 5.98. The predicted molar refractivity (Wildman–Crippen MR) is 61.5 cm³/mol. The number of amides is 1. The number of hydrogen-bond donors (Lipinski definition) is 2. The van der Waals surface area contributed by atoms with Crippen LogP contribution in [0.2, 0.25) is 0 Å². The van der Waals surface area contributed by atoms with Crippen molar-refractivity contribution >= 4 is 17.7 Å². The Morgan fingerprint density at radius 2 is 2.07 bits per heavy atom. The average molecular weight is 205 g/mol. The van der Waals surface area contributed by atoms with Crippen LogP contribution in [0.1, 0.15) is 18.4 Å². The monoisotopic (exact) mass is 205 g/mol. The molecule has 3 heteroatoms. The van der Waals surface area contributed by atoms with Gasteiger partial charge in [0, 0.05) is 18.7 Å². The van der Waals surface area contributed by atoms with Crippen molar-refractivity contribution in [3.05, 3.63) is 36.4 Å². The van der Waals surface area contributed by atoms with Gasteiger partial charge in [0.25, 0.3) is 0 Å². The number of carbonyl (C=O) groups excluding carboxylic acids is 1. The molecule has 0 aliphatic rings. The third kappa shape index (κ3) is 3.95. The average Bonchev–Trinajstić information content (AvgIpc) is 2.27. The lowest BCUT2D eigenvalue weighted by Gasteiger charge is -2.04. The molecule has 1 aromatic carbocycles. The molecule has 0 spiro atoms. The van der Waals surface area contributed by atoms with Crippen LogP contribution < -0.4 is 5.32 Å². The Labute approximate surface area is 89.4 Å². The van der Waals surface area contributed by atoms with Gasteiger partial charge in [0.15, 0.2) is 0 Å². The van der Waals surface area contributed by atoms with Crippen molar-refractivity contribution < 1.29 is 9.90 Å². The lowest BCUT2D eigenvalue weighted by atomic mass is 10.2. The lowest BCUT2D eigenvalue weighted by Crippen LogP contribution is -2.11. The highest BCUT2D eigenvalue weighted by Crippen LogP contribution is 2.10. The maximum absolute atomic E-state index is 11.3. The summed E-state index contributed by atoms with van der Waals surface area (Å²) < 4.78 is 0. The zero-order valence-electron chi connectivity index (χ0n) is 8.57. The highest BCUT2D eigenvalue weighted by Gasteiger charge is 2.00. The van der Waals surface area contributed by atoms with Crippen LogP contribution in [-0.4, -0.2) is 17.6 Å². The molecule has 0 fully saturated rings. The minimum absolute atomic E-state index is 0.0445. The first-order chi connectivity index (χ1) is 7.26. The van der Waals surface area contributed by atoms with Gasteiger partial charge in [-0.1, -0.05) is 24.8 Å². The minimum Gasteiger partial charge on any atom is -0.396 e. The van der Waals surface area contributed by atoms with E-state index in [2.05, 4.69) is 11.9 Å². The molecule has 0 aromatic heterocycles. The van der Waals surface area contributed by atoms with Crippen LogP contribution in [0.4, 0.5) is 5.69 Å². The number of hydrogen-bond acceptors (Lipinski definition) is 2. The number of anilines is 1. The van der Waals surface area contributed by atoms with E-state index in [-0.39, 0.29) is 12.5 Å². The first-order valence-corrected chi connectivity index (χ1v) is 4.89. The van der Waals surface area contributed by atoms with E-state index < -0.39 is 0 Å². The summed E-state index contributed by atoms with van der Waals surface area (Å²) in [6, 6.07) is 7.42. The molecular formula is C12H15NO2. The Morgan fingerprint density at radius 1 is 1.40 bits per heavy atom. The summed E-state index contributed by atoms with van der Waals surface area (Å²) in [4.78, 5) is 11.3. The summed E-state index contributed by atoms with van der Waals surface area (Å²) in [6.45, 7) is 3.69. The van der Waals surface area contributed by atoms with Crippen molar-refractivity contribution in [3.63, 3.8) is 0 Å². The zero-order valence-corrected chi connectivity index (χ0v) is 8.57. The normalized spacial score (nSPS) is 9.67. The van der Waals surface area contributed by atoms with E-state index in [0.29, 0.717) is 12.8 Å². The van der Waals surface area contributed by atoms with Crippen molar-refractivity contribution in [1.29, 1.82) is 0 Å². The van der Waals surface area contributed by atoms with Crippen LogP contribution in [-0.2, 0) is 4.79 Å². The molecule has 0 saturated heterocycles. The molecule has 0 heterocycles. The van der Waals surface area contributed by atoms with Gasteiger partial charge in [-0.2, -0.15) is 0 Å². The van der Waals surface area contributed by atoms with E-state index in [0.717, 1.165) is 11.3 Å². The summed E-state index contributed by atoms with van der Waals surface area (Å²) in [6.07, 6.45) is 2.59. The van der Waals surface area contributed by atoms with E-state index in [4.69, 9.17) is 5.11 Å². The van der Waals surface area contributed by atoms with E-state index in [1.165, 1.54) is 0 Å². The summed E-state index contributed by atoms with van der Waals surface area (Å²) in [5, 5.41) is 11.3. The quantitative estimate of drug-likeness (QED) is 0.772. The number of nitrogens with one attached hydrogen (secondary N) is 1. The SMILES string of the molecule is C=Cc1ccc(NC(=O)CCCO)cc1. The Kier molecular flexibility index (Phi) is 4.57. The van der Waals surface area contributed by atoms with Gasteiger partial charge < -0.3 is 10.4 Å². The Bertz CT molecular complexity index is 330. The minimum atomic E-state index is -0.0737. The predicted octanol–water partition coefficient (Wildman–Crippen LogP) is 2.04. The number of aliphatic hydroxyl groups is 1. The van der Waals surface area contributed by atoms with Gasteiger partial charge in [0.2, 0.25) is 5.91 Å². The molecule has 3 nitrogen and oxygen atoms in total. The zero-order chi connectivity index (χ0) is 11.1. The van der Waals surface area contributed by atoms with Crippen molar-refractivity contribution in [2.24, 2.45) is 0 Å². The standard InChI is InChI=1S/C12H15NO2/c1-2-10-5-7-11(8-6-10)13-12(15)4-3-9-14/h2,5-8,14H,1,3-4,9H2,(H,13,15). The Morgan fingerprint density at radius 3 is 2.60 bits per heavy atom. The van der Waals surface area contributed by atoms with Gasteiger partial charge in [-0.25, -0.2) is 0 Å². The van der Waals surface area contributed by atoms with Crippen LogP contribution >= 0.6 is 0 Å². The molecule has 0 bridgehead atoms. The fourth-order valence-corrected chi connectivity index (χ4v) is 1.17. The van der Waals surface area contributed by atoms with Gasteiger partial charge in [0.1, 0.15) is 0 Å². The highest BCUT2D eigenvalue weighted by molar-refractivity contribution is 5.90. The molecule has 0 radical (unpaired) electrons. The first-order valence-electron chi connectivity index (χ1n) is 4.89. The Hall–Kier alpha value is -1.61. The molecule has 2 N–H and O–H groups in total. The number of rotatable bonds is 5. The molecule has 80 valence electrons. The van der Waals surface area contributed by atoms with Crippen molar-refractivity contribution in [1.82, 2.24) is 0 Å². The molecule has 1 aromatic rings. The third-order valence-electron chi connectivity index (χ3n) is 1.99. The van der Waals surface area contributed by atoms with Crippen LogP contribution in [0.5, 0.6) is 0 Å². The molecule has 1 amide bonds. The largest absolute Gasteiger partial charge is 0.396 e. The maximum Gasteiger partial charge on any atom is 0.224 e. The molecule has 15 heavy (non-hydrogen) atoms. The second-order valence-corrected chi connectivity index (χ2v) is 3.20. The molecule has 0 atom stereocenters. The molecule has 0 aliphatic carbocycles. The van der Waals surface area contributed by atoms with Gasteiger partial charge in [-0.3, -0.25) is 4.79 Å². The third-order valence-corrected chi connectivity index (χ3v) is 1.99. The van der Waals surface area contributed by atoms with Crippen LogP contribution in [0.15, 0.2) is 30.8 Å². The van der Waals surface area contributed by atoms with Gasteiger partial charge >= 0.3 is 0 Å². The van der Waals surface area contributed by atoms with E-state index in [1.807, 2.05) is 24.3 Å². The number of benzene rings is 1. The Balaban J connectivity index is 2.49. The summed E-state index contributed by atoms with van der Waals surface area (Å²) in [5.41, 5.74) is 1.78. The van der Waals surface area contributed by atoms with Gasteiger partial charge in [-0.05, 0) is 24.1 Å². The molecule has 0 aliphatic heterocycles. The van der Waals surface area contributed by atoms with Crippen molar-refractivity contribution in [2.45, 2.75) is 12.8 Å². The van der Waals surface area contributed by atoms with Gasteiger partial charge in [-0.15, -0.1) is 0 Å². The van der Waals surface area contributed by atoms with Crippen LogP contribution in [0.3, 0.4) is 0 Å². The molecule has 1 rings (SSSR count). The van der Waals surface area contributed by atoms with E-state index in [1.54, 1.807) is 6.08 Å². The number of carbonyl (C=O) groups is 1. The molecular weight excluding hydrogens is 190 g/mol. The van der Waals surface area contributed by atoms with Crippen molar-refractivity contribution in [3.8, 4) is 0 Å². The fraction of sp³-hybridized carbons (Fsp3) is 0.250. The van der Waals surface area contributed by atoms with E-state index >= 15 is 0 Å². The molecule has 0 unspecified atom stereocenters. The smallest absolute Gasteiger partial charge is 0.224 e. The van der Waals surface area contributed by atoms with Crippen molar-refractivity contribution in [2.75, 3.05) is 11.9 Å². The first kappa shape index (κ1) is 11.5. The fourth-order valence-electron chi connectivity index (χ4n) is 1.17. The van der Waals surface area contributed by atoms with Gasteiger partial charge in [0.05, 0.1) is 0 Å². The topological polar surface area (TPSA) is 49.3 Å². The summed E-state index contributed by atoms with van der Waals surface area (Å²) >= 11 is 0.